The fourth-order valence-electron chi connectivity index (χ4n) is 3.80. The molecule has 0 bridgehead atoms. The van der Waals surface area contributed by atoms with Crippen molar-refractivity contribution >= 4 is 52.5 Å². The van der Waals surface area contributed by atoms with Crippen molar-refractivity contribution in [3.63, 3.8) is 0 Å². The fourth-order valence-corrected chi connectivity index (χ4v) is 4.60. The first-order chi connectivity index (χ1) is 19.9. The molecule has 1 N–H and O–H groups in total. The summed E-state index contributed by atoms with van der Waals surface area (Å²) >= 11 is 18.9. The molecule has 0 heterocycles. The largest absolute Gasteiger partial charge is 0.490 e. The van der Waals surface area contributed by atoms with Crippen LogP contribution in [0.1, 0.15) is 23.6 Å². The summed E-state index contributed by atoms with van der Waals surface area (Å²) in [5.41, 5.74) is 2.66. The van der Waals surface area contributed by atoms with Crippen LogP contribution in [-0.2, 0) is 18.0 Å². The zero-order chi connectivity index (χ0) is 29.2. The van der Waals surface area contributed by atoms with E-state index >= 15 is 0 Å². The molecule has 4 aromatic rings. The summed E-state index contributed by atoms with van der Waals surface area (Å²) in [4.78, 5) is 12.6. The van der Waals surface area contributed by atoms with E-state index in [1.807, 2.05) is 61.5 Å². The lowest BCUT2D eigenvalue weighted by Crippen LogP contribution is -2.13. The van der Waals surface area contributed by atoms with Crippen LogP contribution in [0, 0.1) is 11.3 Å². The summed E-state index contributed by atoms with van der Waals surface area (Å²) in [6.07, 6.45) is 1.39. The maximum absolute atomic E-state index is 12.6. The van der Waals surface area contributed by atoms with Gasteiger partial charge in [-0.1, -0.05) is 77.3 Å². The number of nitriles is 1. The van der Waals surface area contributed by atoms with Gasteiger partial charge in [0, 0.05) is 10.7 Å². The monoisotopic (exact) mass is 606 g/mol. The molecule has 41 heavy (non-hydrogen) atoms. The maximum atomic E-state index is 12.6. The predicted molar refractivity (Wildman–Crippen MR) is 163 cm³/mol. The van der Waals surface area contributed by atoms with Gasteiger partial charge in [0.15, 0.2) is 17.2 Å². The van der Waals surface area contributed by atoms with E-state index in [0.29, 0.717) is 41.0 Å². The molecule has 0 fully saturated rings. The van der Waals surface area contributed by atoms with E-state index < -0.39 is 5.91 Å². The number of ether oxygens (including phenoxy) is 3. The van der Waals surface area contributed by atoms with E-state index in [1.165, 1.54) is 6.08 Å². The van der Waals surface area contributed by atoms with E-state index in [-0.39, 0.29) is 28.0 Å². The fraction of sp³-hybridized carbons (Fsp3) is 0.125. The molecule has 0 aliphatic rings. The molecule has 0 aromatic heterocycles. The van der Waals surface area contributed by atoms with Crippen LogP contribution in [0.25, 0.3) is 6.08 Å². The zero-order valence-electron chi connectivity index (χ0n) is 22.0. The second-order valence-corrected chi connectivity index (χ2v) is 9.98. The normalized spacial score (nSPS) is 11.0. The molecule has 0 aliphatic heterocycles. The zero-order valence-corrected chi connectivity index (χ0v) is 24.3. The van der Waals surface area contributed by atoms with Crippen molar-refractivity contribution in [1.29, 1.82) is 5.26 Å². The summed E-state index contributed by atoms with van der Waals surface area (Å²) in [7, 11) is 0. The highest BCUT2D eigenvalue weighted by atomic mass is 35.5. The smallest absolute Gasteiger partial charge is 0.266 e. The summed E-state index contributed by atoms with van der Waals surface area (Å²) < 4.78 is 17.7. The summed E-state index contributed by atoms with van der Waals surface area (Å²) in [6, 6.07) is 27.1. The number of carbonyl (C=O) groups excluding carboxylic acids is 1. The molecule has 4 aromatic carbocycles. The topological polar surface area (TPSA) is 80.6 Å². The van der Waals surface area contributed by atoms with Crippen LogP contribution in [0.5, 0.6) is 17.2 Å². The van der Waals surface area contributed by atoms with Crippen molar-refractivity contribution in [1.82, 2.24) is 0 Å². The van der Waals surface area contributed by atoms with E-state index in [1.54, 1.807) is 36.4 Å². The van der Waals surface area contributed by atoms with Crippen LogP contribution < -0.4 is 19.5 Å². The molecule has 0 saturated heterocycles. The van der Waals surface area contributed by atoms with Crippen molar-refractivity contribution in [2.75, 3.05) is 11.9 Å². The molecular weight excluding hydrogens is 583 g/mol. The molecule has 0 unspecified atom stereocenters. The molecular formula is C32H25Cl3N2O4. The predicted octanol–water partition coefficient (Wildman–Crippen LogP) is 8.75. The maximum Gasteiger partial charge on any atom is 0.266 e. The first-order valence-corrected chi connectivity index (χ1v) is 13.7. The molecule has 0 radical (unpaired) electrons. The third-order valence-corrected chi connectivity index (χ3v) is 6.50. The van der Waals surface area contributed by atoms with Crippen LogP contribution in [0.3, 0.4) is 0 Å². The van der Waals surface area contributed by atoms with E-state index in [9.17, 15) is 10.1 Å². The Morgan fingerprint density at radius 1 is 0.829 bits per heavy atom. The van der Waals surface area contributed by atoms with Gasteiger partial charge in [0.25, 0.3) is 5.91 Å². The summed E-state index contributed by atoms with van der Waals surface area (Å²) in [5.74, 6) is 0.903. The molecule has 9 heteroatoms. The van der Waals surface area contributed by atoms with Gasteiger partial charge in [0.05, 0.1) is 16.7 Å². The average molecular weight is 608 g/mol. The number of halogens is 3. The van der Waals surface area contributed by atoms with Crippen LogP contribution in [-0.4, -0.2) is 12.5 Å². The van der Waals surface area contributed by atoms with Crippen molar-refractivity contribution in [3.05, 3.63) is 122 Å². The second kappa shape index (κ2) is 14.5. The number of rotatable bonds is 11. The van der Waals surface area contributed by atoms with E-state index in [2.05, 4.69) is 5.32 Å². The number of carbonyl (C=O) groups is 1. The van der Waals surface area contributed by atoms with Crippen molar-refractivity contribution in [2.45, 2.75) is 20.1 Å². The minimum atomic E-state index is -0.594. The van der Waals surface area contributed by atoms with Gasteiger partial charge in [-0.3, -0.25) is 4.79 Å². The molecule has 6 nitrogen and oxygen atoms in total. The molecule has 0 atom stereocenters. The lowest BCUT2D eigenvalue weighted by molar-refractivity contribution is -0.112. The lowest BCUT2D eigenvalue weighted by atomic mass is 10.1. The highest BCUT2D eigenvalue weighted by Crippen LogP contribution is 2.36. The van der Waals surface area contributed by atoms with Gasteiger partial charge in [0.2, 0.25) is 0 Å². The third-order valence-electron chi connectivity index (χ3n) is 5.71. The number of hydrogen-bond donors (Lipinski definition) is 1. The first kappa shape index (κ1) is 29.8. The Hall–Kier alpha value is -4.15. The van der Waals surface area contributed by atoms with Gasteiger partial charge >= 0.3 is 0 Å². The Morgan fingerprint density at radius 2 is 1.56 bits per heavy atom. The van der Waals surface area contributed by atoms with E-state index in [0.717, 1.165) is 11.1 Å². The van der Waals surface area contributed by atoms with Crippen LogP contribution in [0.2, 0.25) is 15.1 Å². The Labute approximate surface area is 253 Å². The average Bonchev–Trinajstić information content (AvgIpc) is 2.95. The minimum Gasteiger partial charge on any atom is -0.490 e. The second-order valence-electron chi connectivity index (χ2n) is 8.73. The number of anilines is 1. The van der Waals surface area contributed by atoms with Gasteiger partial charge in [-0.15, -0.1) is 0 Å². The van der Waals surface area contributed by atoms with Crippen molar-refractivity contribution in [3.8, 4) is 23.3 Å². The molecule has 0 aliphatic carbocycles. The van der Waals surface area contributed by atoms with Crippen LogP contribution >= 0.6 is 34.8 Å². The standard InChI is InChI=1S/C32H25Cl3N2O4/c1-2-39-30-16-22(11-12-29(30)40-19-21-7-4-3-5-8-21)20-41-31-27(34)14-23(15-28(31)35)13-24(18-36)32(38)37-26-10-6-9-25(33)17-26/h3-17H,2,19-20H2,1H3,(H,37,38)/b24-13-. The number of hydrogen-bond acceptors (Lipinski definition) is 5. The summed E-state index contributed by atoms with van der Waals surface area (Å²) in [6.45, 7) is 2.95. The molecule has 4 rings (SSSR count). The van der Waals surface area contributed by atoms with Crippen LogP contribution in [0.4, 0.5) is 5.69 Å². The van der Waals surface area contributed by atoms with Gasteiger partial charge in [-0.25, -0.2) is 0 Å². The van der Waals surface area contributed by atoms with Crippen molar-refractivity contribution < 1.29 is 19.0 Å². The third kappa shape index (κ3) is 8.42. The lowest BCUT2D eigenvalue weighted by Gasteiger charge is -2.15. The minimum absolute atomic E-state index is 0.135. The van der Waals surface area contributed by atoms with Gasteiger partial charge in [-0.05, 0) is 72.2 Å². The number of benzene rings is 4. The summed E-state index contributed by atoms with van der Waals surface area (Å²) in [5, 5.41) is 13.1. The number of amides is 1. The van der Waals surface area contributed by atoms with Gasteiger partial charge < -0.3 is 19.5 Å². The number of nitrogens with one attached hydrogen (secondary N) is 1. The Bertz CT molecular complexity index is 1580. The molecule has 1 amide bonds. The number of nitrogens with zero attached hydrogens (tertiary/aromatic N) is 1. The molecule has 208 valence electrons. The highest BCUT2D eigenvalue weighted by molar-refractivity contribution is 6.37. The van der Waals surface area contributed by atoms with Crippen LogP contribution in [0.15, 0.2) is 90.5 Å². The quantitative estimate of drug-likeness (QED) is 0.136. The van der Waals surface area contributed by atoms with Gasteiger partial charge in [0.1, 0.15) is 24.9 Å². The van der Waals surface area contributed by atoms with Gasteiger partial charge in [-0.2, -0.15) is 5.26 Å². The Morgan fingerprint density at radius 3 is 2.24 bits per heavy atom. The Kier molecular flexibility index (Phi) is 10.5. The Balaban J connectivity index is 1.45. The SMILES string of the molecule is CCOc1cc(COc2c(Cl)cc(/C=C(/C#N)C(=O)Nc3cccc(Cl)c3)cc2Cl)ccc1OCc1ccccc1. The van der Waals surface area contributed by atoms with E-state index in [4.69, 9.17) is 49.0 Å². The molecule has 0 spiro atoms. The first-order valence-electron chi connectivity index (χ1n) is 12.6. The van der Waals surface area contributed by atoms with Crippen molar-refractivity contribution in [2.24, 2.45) is 0 Å². The highest BCUT2D eigenvalue weighted by Gasteiger charge is 2.14. The molecule has 0 saturated carbocycles.